The van der Waals surface area contributed by atoms with Crippen LogP contribution in [0.15, 0.2) is 30.0 Å². The zero-order valence-corrected chi connectivity index (χ0v) is 12.8. The summed E-state index contributed by atoms with van der Waals surface area (Å²) >= 11 is 1.61. The van der Waals surface area contributed by atoms with Crippen LogP contribution in [0.4, 0.5) is 5.69 Å². The molecule has 1 aliphatic rings. The first-order valence-electron chi connectivity index (χ1n) is 6.97. The normalized spacial score (nSPS) is 14.8. The van der Waals surface area contributed by atoms with Crippen molar-refractivity contribution in [3.63, 3.8) is 0 Å². The van der Waals surface area contributed by atoms with E-state index in [-0.39, 0.29) is 18.8 Å². The molecule has 0 spiro atoms. The van der Waals surface area contributed by atoms with Crippen molar-refractivity contribution < 1.29 is 14.7 Å². The summed E-state index contributed by atoms with van der Waals surface area (Å²) in [5.41, 5.74) is 1.88. The number of hydrogen-bond acceptors (Lipinski definition) is 6. The number of β-amino-alcohol motifs (C(OH)–C–C–N with tert-alkyl or cyclic N) is 1. The first kappa shape index (κ1) is 14.7. The van der Waals surface area contributed by atoms with Gasteiger partial charge in [-0.25, -0.2) is 4.98 Å². The van der Waals surface area contributed by atoms with E-state index in [1.165, 1.54) is 6.08 Å². The second kappa shape index (κ2) is 5.86. The van der Waals surface area contributed by atoms with E-state index in [1.54, 1.807) is 11.3 Å². The zero-order chi connectivity index (χ0) is 15.7. The van der Waals surface area contributed by atoms with E-state index in [1.807, 2.05) is 18.2 Å². The van der Waals surface area contributed by atoms with Gasteiger partial charge in [0.15, 0.2) is 0 Å². The maximum absolute atomic E-state index is 12.1. The fourth-order valence-electron chi connectivity index (χ4n) is 2.27. The Labute approximate surface area is 131 Å². The third-order valence-electron chi connectivity index (χ3n) is 3.35. The Bertz CT molecular complexity index is 781. The van der Waals surface area contributed by atoms with Gasteiger partial charge in [-0.2, -0.15) is 0 Å². The topological polar surface area (TPSA) is 82.5 Å². The molecule has 2 amide bonds. The third kappa shape index (κ3) is 2.60. The molecule has 114 valence electrons. The Morgan fingerprint density at radius 3 is 2.91 bits per heavy atom. The number of imide groups is 1. The number of aryl methyl sites for hydroxylation is 1. The van der Waals surface area contributed by atoms with Crippen molar-refractivity contribution in [3.05, 3.63) is 35.0 Å². The van der Waals surface area contributed by atoms with E-state index in [0.29, 0.717) is 0 Å². The van der Waals surface area contributed by atoms with Crippen molar-refractivity contribution in [2.24, 2.45) is 0 Å². The summed E-state index contributed by atoms with van der Waals surface area (Å²) < 4.78 is 1.03. The summed E-state index contributed by atoms with van der Waals surface area (Å²) in [6.07, 6.45) is 2.14. The summed E-state index contributed by atoms with van der Waals surface area (Å²) in [7, 11) is 0. The van der Waals surface area contributed by atoms with Gasteiger partial charge >= 0.3 is 0 Å². The van der Waals surface area contributed by atoms with Gasteiger partial charge in [-0.3, -0.25) is 14.5 Å². The molecule has 0 unspecified atom stereocenters. The number of carbonyl (C=O) groups excluding carboxylic acids is 2. The van der Waals surface area contributed by atoms with Crippen LogP contribution < -0.4 is 5.32 Å². The Kier molecular flexibility index (Phi) is 3.91. The Morgan fingerprint density at radius 1 is 1.36 bits per heavy atom. The van der Waals surface area contributed by atoms with Gasteiger partial charge in [0.2, 0.25) is 0 Å². The average molecular weight is 317 g/mol. The monoisotopic (exact) mass is 317 g/mol. The minimum atomic E-state index is -0.419. The molecule has 0 radical (unpaired) electrons. The largest absolute Gasteiger partial charge is 0.395 e. The number of aromatic nitrogens is 1. The van der Waals surface area contributed by atoms with Gasteiger partial charge < -0.3 is 10.4 Å². The molecule has 0 saturated heterocycles. The molecule has 1 aromatic carbocycles. The molecule has 0 saturated carbocycles. The summed E-state index contributed by atoms with van der Waals surface area (Å²) in [6.45, 7) is 1.82. The van der Waals surface area contributed by atoms with Crippen LogP contribution in [0, 0.1) is 0 Å². The summed E-state index contributed by atoms with van der Waals surface area (Å²) in [5, 5.41) is 12.9. The van der Waals surface area contributed by atoms with Gasteiger partial charge in [-0.1, -0.05) is 6.92 Å². The van der Waals surface area contributed by atoms with E-state index in [2.05, 4.69) is 17.2 Å². The molecule has 2 N–H and O–H groups in total. The number of aliphatic hydroxyl groups excluding tert-OH is 1. The second-order valence-corrected chi connectivity index (χ2v) is 5.96. The number of fused-ring (bicyclic) bond motifs is 1. The molecule has 7 heteroatoms. The van der Waals surface area contributed by atoms with Crippen LogP contribution in [0.1, 0.15) is 11.9 Å². The van der Waals surface area contributed by atoms with Crippen molar-refractivity contribution in [2.75, 3.05) is 18.5 Å². The molecule has 1 aromatic heterocycles. The van der Waals surface area contributed by atoms with Gasteiger partial charge in [0.1, 0.15) is 5.70 Å². The number of benzene rings is 1. The summed E-state index contributed by atoms with van der Waals surface area (Å²) in [5.74, 6) is -0.827. The third-order valence-corrected chi connectivity index (χ3v) is 4.51. The van der Waals surface area contributed by atoms with Gasteiger partial charge in [0, 0.05) is 11.8 Å². The number of thiazole rings is 1. The Hall–Kier alpha value is -2.25. The quantitative estimate of drug-likeness (QED) is 0.817. The van der Waals surface area contributed by atoms with Crippen molar-refractivity contribution >= 4 is 39.1 Å². The molecular weight excluding hydrogens is 302 g/mol. The van der Waals surface area contributed by atoms with Crippen LogP contribution in [-0.4, -0.2) is 40.0 Å². The lowest BCUT2D eigenvalue weighted by Gasteiger charge is -2.13. The molecule has 2 aromatic rings. The van der Waals surface area contributed by atoms with E-state index in [9.17, 15) is 9.59 Å². The van der Waals surface area contributed by atoms with Crippen LogP contribution in [-0.2, 0) is 16.0 Å². The first-order chi connectivity index (χ1) is 10.6. The van der Waals surface area contributed by atoms with Gasteiger partial charge in [-0.15, -0.1) is 11.3 Å². The van der Waals surface area contributed by atoms with E-state index >= 15 is 0 Å². The molecule has 0 atom stereocenters. The number of carbonyl (C=O) groups is 2. The molecule has 6 nitrogen and oxygen atoms in total. The predicted octanol–water partition coefficient (Wildman–Crippen LogP) is 1.52. The number of rotatable bonds is 5. The fraction of sp³-hybridized carbons (Fsp3) is 0.267. The number of hydrogen-bond donors (Lipinski definition) is 2. The highest BCUT2D eigenvalue weighted by atomic mass is 32.1. The summed E-state index contributed by atoms with van der Waals surface area (Å²) in [6, 6.07) is 5.63. The van der Waals surface area contributed by atoms with Gasteiger partial charge in [0.05, 0.1) is 28.4 Å². The standard InChI is InChI=1S/C15H15N3O3S/c1-2-13-17-10-4-3-9(7-12(10)22-13)16-11-8-14(20)18(5-6-19)15(11)21/h3-4,7-8,16,19H,2,5-6H2,1H3. The van der Waals surface area contributed by atoms with Gasteiger partial charge in [-0.05, 0) is 24.6 Å². The molecule has 1 aliphatic heterocycles. The Balaban J connectivity index is 1.82. The molecule has 22 heavy (non-hydrogen) atoms. The maximum atomic E-state index is 12.1. The van der Waals surface area contributed by atoms with E-state index < -0.39 is 11.8 Å². The van der Waals surface area contributed by atoms with Crippen LogP contribution >= 0.6 is 11.3 Å². The molecular formula is C15H15N3O3S. The Morgan fingerprint density at radius 2 is 2.18 bits per heavy atom. The maximum Gasteiger partial charge on any atom is 0.277 e. The first-order valence-corrected chi connectivity index (χ1v) is 7.79. The highest BCUT2D eigenvalue weighted by Crippen LogP contribution is 2.27. The van der Waals surface area contributed by atoms with Gasteiger partial charge in [0.25, 0.3) is 11.8 Å². The minimum absolute atomic E-state index is 0.00703. The van der Waals surface area contributed by atoms with E-state index in [0.717, 1.165) is 32.2 Å². The van der Waals surface area contributed by atoms with Crippen molar-refractivity contribution in [3.8, 4) is 0 Å². The molecule has 0 fully saturated rings. The number of amides is 2. The van der Waals surface area contributed by atoms with Crippen LogP contribution in [0.25, 0.3) is 10.2 Å². The van der Waals surface area contributed by atoms with Crippen molar-refractivity contribution in [2.45, 2.75) is 13.3 Å². The fourth-order valence-corrected chi connectivity index (χ4v) is 3.21. The van der Waals surface area contributed by atoms with Crippen LogP contribution in [0.2, 0.25) is 0 Å². The second-order valence-electron chi connectivity index (χ2n) is 4.85. The number of aliphatic hydroxyl groups is 1. The highest BCUT2D eigenvalue weighted by molar-refractivity contribution is 7.18. The van der Waals surface area contributed by atoms with Crippen molar-refractivity contribution in [1.82, 2.24) is 9.88 Å². The molecule has 0 bridgehead atoms. The average Bonchev–Trinajstić information content (AvgIpc) is 3.03. The smallest absolute Gasteiger partial charge is 0.277 e. The highest BCUT2D eigenvalue weighted by Gasteiger charge is 2.30. The predicted molar refractivity (Wildman–Crippen MR) is 84.5 cm³/mol. The molecule has 2 heterocycles. The summed E-state index contributed by atoms with van der Waals surface area (Å²) in [4.78, 5) is 29.3. The lowest BCUT2D eigenvalue weighted by atomic mass is 10.3. The van der Waals surface area contributed by atoms with Crippen molar-refractivity contribution in [1.29, 1.82) is 0 Å². The van der Waals surface area contributed by atoms with E-state index in [4.69, 9.17) is 5.11 Å². The number of anilines is 1. The number of nitrogens with one attached hydrogen (secondary N) is 1. The SMILES string of the molecule is CCc1nc2ccc(NC3=CC(=O)N(CCO)C3=O)cc2s1. The van der Waals surface area contributed by atoms with Crippen LogP contribution in [0.3, 0.4) is 0 Å². The number of nitrogens with zero attached hydrogens (tertiary/aromatic N) is 2. The zero-order valence-electron chi connectivity index (χ0n) is 12.0. The molecule has 3 rings (SSSR count). The minimum Gasteiger partial charge on any atom is -0.395 e. The lowest BCUT2D eigenvalue weighted by molar-refractivity contribution is -0.137. The molecule has 0 aliphatic carbocycles. The van der Waals surface area contributed by atoms with Crippen LogP contribution in [0.5, 0.6) is 0 Å². The lowest BCUT2D eigenvalue weighted by Crippen LogP contribution is -2.34.